The largest absolute Gasteiger partial charge is 0.486 e. The highest BCUT2D eigenvalue weighted by Gasteiger charge is 2.15. The molecule has 2 rings (SSSR count). The number of amides is 1. The van der Waals surface area contributed by atoms with Gasteiger partial charge in [-0.15, -0.1) is 11.8 Å². The molecule has 22 heavy (non-hydrogen) atoms. The average molecular weight is 388 g/mol. The minimum absolute atomic E-state index is 0.0969. The third-order valence-corrected chi connectivity index (χ3v) is 5.05. The van der Waals surface area contributed by atoms with Gasteiger partial charge < -0.3 is 14.8 Å². The van der Waals surface area contributed by atoms with E-state index in [0.717, 1.165) is 40.1 Å². The van der Waals surface area contributed by atoms with Crippen LogP contribution in [-0.4, -0.2) is 30.9 Å². The average Bonchev–Trinajstić information content (AvgIpc) is 2.48. The van der Waals surface area contributed by atoms with Gasteiger partial charge in [-0.2, -0.15) is 0 Å². The van der Waals surface area contributed by atoms with Gasteiger partial charge in [0.15, 0.2) is 11.5 Å². The maximum atomic E-state index is 11.8. The Hall–Kier alpha value is -0.880. The van der Waals surface area contributed by atoms with Crippen molar-refractivity contribution in [1.82, 2.24) is 5.32 Å². The molecule has 1 aliphatic heterocycles. The fourth-order valence-corrected chi connectivity index (χ4v) is 3.77. The lowest BCUT2D eigenvalue weighted by molar-refractivity contribution is -0.119. The second-order valence-corrected chi connectivity index (χ2v) is 7.18. The maximum absolute atomic E-state index is 11.8. The Bertz CT molecular complexity index is 524. The van der Waals surface area contributed by atoms with Crippen molar-refractivity contribution in [2.45, 2.75) is 38.5 Å². The van der Waals surface area contributed by atoms with Crippen LogP contribution in [0.15, 0.2) is 16.6 Å². The third kappa shape index (κ3) is 5.09. The van der Waals surface area contributed by atoms with E-state index in [4.69, 9.17) is 9.47 Å². The summed E-state index contributed by atoms with van der Waals surface area (Å²) in [4.78, 5) is 11.8. The Morgan fingerprint density at radius 2 is 2.05 bits per heavy atom. The van der Waals surface area contributed by atoms with Crippen molar-refractivity contribution in [3.05, 3.63) is 22.2 Å². The van der Waals surface area contributed by atoms with Crippen LogP contribution in [0, 0.1) is 0 Å². The summed E-state index contributed by atoms with van der Waals surface area (Å²) in [6.45, 7) is 5.34. The number of benzene rings is 1. The number of rotatable bonds is 7. The zero-order chi connectivity index (χ0) is 15.9. The minimum atomic E-state index is 0.0969. The van der Waals surface area contributed by atoms with Gasteiger partial charge in [-0.1, -0.05) is 29.3 Å². The van der Waals surface area contributed by atoms with Gasteiger partial charge in [0, 0.05) is 16.3 Å². The summed E-state index contributed by atoms with van der Waals surface area (Å²) in [5.74, 6) is 2.88. The standard InChI is InChI=1S/C16H22BrNO3S/c1-3-4-11(2)18-16(19)10-22-9-12-7-14-15(8-13(12)17)21-6-5-20-14/h7-8,11H,3-6,9-10H2,1-2H3,(H,18,19)/t11-/m1/s1. The molecule has 0 radical (unpaired) electrons. The highest BCUT2D eigenvalue weighted by Crippen LogP contribution is 2.36. The Kier molecular flexibility index (Phi) is 6.89. The SMILES string of the molecule is CCC[C@@H](C)NC(=O)CSCc1cc2c(cc1Br)OCCO2. The Labute approximate surface area is 144 Å². The molecule has 1 heterocycles. The van der Waals surface area contributed by atoms with E-state index in [1.54, 1.807) is 11.8 Å². The third-order valence-electron chi connectivity index (χ3n) is 3.33. The van der Waals surface area contributed by atoms with E-state index >= 15 is 0 Å². The van der Waals surface area contributed by atoms with Crippen molar-refractivity contribution >= 4 is 33.6 Å². The predicted molar refractivity (Wildman–Crippen MR) is 93.8 cm³/mol. The van der Waals surface area contributed by atoms with Crippen LogP contribution in [0.5, 0.6) is 11.5 Å². The number of carbonyl (C=O) groups excluding carboxylic acids is 1. The van der Waals surface area contributed by atoms with Crippen molar-refractivity contribution in [2.75, 3.05) is 19.0 Å². The Morgan fingerprint density at radius 3 is 2.73 bits per heavy atom. The van der Waals surface area contributed by atoms with E-state index in [0.29, 0.717) is 19.0 Å². The first kappa shape index (κ1) is 17.5. The van der Waals surface area contributed by atoms with Gasteiger partial charge in [0.1, 0.15) is 13.2 Å². The van der Waals surface area contributed by atoms with E-state index < -0.39 is 0 Å². The van der Waals surface area contributed by atoms with Crippen molar-refractivity contribution in [3.63, 3.8) is 0 Å². The molecule has 0 fully saturated rings. The lowest BCUT2D eigenvalue weighted by Gasteiger charge is -2.20. The van der Waals surface area contributed by atoms with E-state index in [-0.39, 0.29) is 11.9 Å². The number of fused-ring (bicyclic) bond motifs is 1. The number of carbonyl (C=O) groups is 1. The summed E-state index contributed by atoms with van der Waals surface area (Å²) in [5, 5.41) is 3.02. The summed E-state index contributed by atoms with van der Waals surface area (Å²) < 4.78 is 12.1. The molecule has 1 atom stereocenters. The molecule has 1 aliphatic rings. The number of nitrogens with one attached hydrogen (secondary N) is 1. The topological polar surface area (TPSA) is 47.6 Å². The number of halogens is 1. The van der Waals surface area contributed by atoms with Crippen molar-refractivity contribution in [3.8, 4) is 11.5 Å². The van der Waals surface area contributed by atoms with Crippen LogP contribution < -0.4 is 14.8 Å². The normalized spacial score (nSPS) is 14.5. The first-order valence-corrected chi connectivity index (χ1v) is 9.50. The van der Waals surface area contributed by atoms with E-state index in [2.05, 4.69) is 28.2 Å². The van der Waals surface area contributed by atoms with Crippen molar-refractivity contribution < 1.29 is 14.3 Å². The zero-order valence-electron chi connectivity index (χ0n) is 13.0. The van der Waals surface area contributed by atoms with Crippen LogP contribution in [0.4, 0.5) is 0 Å². The monoisotopic (exact) mass is 387 g/mol. The molecule has 0 saturated heterocycles. The molecule has 4 nitrogen and oxygen atoms in total. The van der Waals surface area contributed by atoms with Gasteiger partial charge in [0.05, 0.1) is 5.75 Å². The van der Waals surface area contributed by atoms with Crippen LogP contribution in [-0.2, 0) is 10.5 Å². The number of hydrogen-bond acceptors (Lipinski definition) is 4. The van der Waals surface area contributed by atoms with Gasteiger partial charge >= 0.3 is 0 Å². The molecule has 6 heteroatoms. The van der Waals surface area contributed by atoms with E-state index in [1.807, 2.05) is 19.1 Å². The summed E-state index contributed by atoms with van der Waals surface area (Å²) in [6, 6.07) is 4.18. The van der Waals surface area contributed by atoms with Crippen LogP contribution in [0.25, 0.3) is 0 Å². The van der Waals surface area contributed by atoms with Crippen molar-refractivity contribution in [2.24, 2.45) is 0 Å². The molecule has 0 bridgehead atoms. The number of hydrogen-bond donors (Lipinski definition) is 1. The molecular weight excluding hydrogens is 366 g/mol. The minimum Gasteiger partial charge on any atom is -0.486 e. The zero-order valence-corrected chi connectivity index (χ0v) is 15.4. The lowest BCUT2D eigenvalue weighted by atomic mass is 10.2. The molecular formula is C16H22BrNO3S. The highest BCUT2D eigenvalue weighted by molar-refractivity contribution is 9.10. The van der Waals surface area contributed by atoms with Crippen LogP contribution in [0.3, 0.4) is 0 Å². The van der Waals surface area contributed by atoms with E-state index in [1.165, 1.54) is 0 Å². The Balaban J connectivity index is 1.83. The number of thioether (sulfide) groups is 1. The molecule has 0 spiro atoms. The predicted octanol–water partition coefficient (Wildman–Crippen LogP) is 3.76. The molecule has 0 unspecified atom stereocenters. The fraction of sp³-hybridized carbons (Fsp3) is 0.562. The number of ether oxygens (including phenoxy) is 2. The van der Waals surface area contributed by atoms with Gasteiger partial charge in [0.25, 0.3) is 0 Å². The van der Waals surface area contributed by atoms with Crippen LogP contribution in [0.1, 0.15) is 32.3 Å². The highest BCUT2D eigenvalue weighted by atomic mass is 79.9. The molecule has 122 valence electrons. The smallest absolute Gasteiger partial charge is 0.230 e. The molecule has 1 aromatic carbocycles. The van der Waals surface area contributed by atoms with Crippen LogP contribution in [0.2, 0.25) is 0 Å². The molecule has 0 aromatic heterocycles. The first-order valence-electron chi connectivity index (χ1n) is 7.55. The molecule has 1 N–H and O–H groups in total. The quantitative estimate of drug-likeness (QED) is 0.773. The fourth-order valence-electron chi connectivity index (χ4n) is 2.29. The Morgan fingerprint density at radius 1 is 1.36 bits per heavy atom. The van der Waals surface area contributed by atoms with Gasteiger partial charge in [0.2, 0.25) is 5.91 Å². The molecule has 0 aliphatic carbocycles. The first-order chi connectivity index (χ1) is 10.6. The summed E-state index contributed by atoms with van der Waals surface area (Å²) in [6.07, 6.45) is 2.10. The van der Waals surface area contributed by atoms with Gasteiger partial charge in [-0.3, -0.25) is 4.79 Å². The van der Waals surface area contributed by atoms with E-state index in [9.17, 15) is 4.79 Å². The van der Waals surface area contributed by atoms with Crippen molar-refractivity contribution in [1.29, 1.82) is 0 Å². The maximum Gasteiger partial charge on any atom is 0.230 e. The van der Waals surface area contributed by atoms with Crippen LogP contribution >= 0.6 is 27.7 Å². The lowest BCUT2D eigenvalue weighted by Crippen LogP contribution is -2.33. The summed E-state index contributed by atoms with van der Waals surface area (Å²) >= 11 is 5.15. The summed E-state index contributed by atoms with van der Waals surface area (Å²) in [7, 11) is 0. The molecule has 1 amide bonds. The molecule has 0 saturated carbocycles. The summed E-state index contributed by atoms with van der Waals surface area (Å²) in [5.41, 5.74) is 1.11. The second kappa shape index (κ2) is 8.67. The van der Waals surface area contributed by atoms with Gasteiger partial charge in [-0.05, 0) is 31.0 Å². The molecule has 1 aromatic rings. The van der Waals surface area contributed by atoms with Gasteiger partial charge in [-0.25, -0.2) is 0 Å². The second-order valence-electron chi connectivity index (χ2n) is 5.34.